The number of carbonyl (C=O) groups is 2. The molecule has 2 amide bonds. The summed E-state index contributed by atoms with van der Waals surface area (Å²) in [5, 5.41) is 7.07. The Morgan fingerprint density at radius 1 is 1.07 bits per heavy atom. The number of nitrogens with one attached hydrogen (secondary N) is 3. The lowest BCUT2D eigenvalue weighted by molar-refractivity contribution is -0.117. The molecule has 0 radical (unpaired) electrons. The Balaban J connectivity index is 1.05. The van der Waals surface area contributed by atoms with Crippen molar-refractivity contribution in [3.8, 4) is 11.3 Å². The maximum Gasteiger partial charge on any atom is 0.274 e. The summed E-state index contributed by atoms with van der Waals surface area (Å²) in [4.78, 5) is 48.7. The lowest BCUT2D eigenvalue weighted by atomic mass is 10.0. The SMILES string of the molecule is CN(C)C/C=C/C(=O)NC1CCCN(Cc2ccnc(C(=O)Nc3ccc(-c4cc5c(N6CCOCC6)ncnc5[nH]4)cc3)c2)C1. The van der Waals surface area contributed by atoms with Crippen molar-refractivity contribution in [1.29, 1.82) is 0 Å². The first-order valence-electron chi connectivity index (χ1n) is 15.8. The Kier molecular flexibility index (Phi) is 9.97. The molecule has 5 heterocycles. The van der Waals surface area contributed by atoms with Gasteiger partial charge in [0.25, 0.3) is 5.91 Å². The molecule has 1 unspecified atom stereocenters. The Hall–Kier alpha value is -4.65. The Bertz CT molecular complexity index is 1680. The third kappa shape index (κ3) is 7.94. The number of hydrogen-bond donors (Lipinski definition) is 3. The number of aromatic nitrogens is 4. The van der Waals surface area contributed by atoms with Crippen LogP contribution in [-0.2, 0) is 16.1 Å². The highest BCUT2D eigenvalue weighted by molar-refractivity contribution is 6.03. The smallest absolute Gasteiger partial charge is 0.274 e. The second-order valence-corrected chi connectivity index (χ2v) is 12.1. The molecule has 6 rings (SSSR count). The highest BCUT2D eigenvalue weighted by Crippen LogP contribution is 2.29. The molecule has 240 valence electrons. The monoisotopic (exact) mass is 623 g/mol. The number of hydrogen-bond acceptors (Lipinski definition) is 9. The number of anilines is 2. The molecule has 3 aromatic heterocycles. The van der Waals surface area contributed by atoms with Gasteiger partial charge in [0, 0.05) is 62.4 Å². The largest absolute Gasteiger partial charge is 0.378 e. The van der Waals surface area contributed by atoms with E-state index in [0.717, 1.165) is 79.2 Å². The van der Waals surface area contributed by atoms with Gasteiger partial charge in [-0.3, -0.25) is 19.5 Å². The van der Waals surface area contributed by atoms with Crippen LogP contribution >= 0.6 is 0 Å². The van der Waals surface area contributed by atoms with E-state index in [2.05, 4.69) is 46.4 Å². The number of benzene rings is 1. The molecule has 2 saturated heterocycles. The van der Waals surface area contributed by atoms with E-state index >= 15 is 0 Å². The summed E-state index contributed by atoms with van der Waals surface area (Å²) in [6.07, 6.45) is 8.70. The number of likely N-dealkylation sites (tertiary alicyclic amines) is 1. The molecule has 3 N–H and O–H groups in total. The second kappa shape index (κ2) is 14.6. The molecule has 2 aliphatic heterocycles. The normalized spacial score (nSPS) is 17.5. The number of aromatic amines is 1. The number of amides is 2. The van der Waals surface area contributed by atoms with E-state index < -0.39 is 0 Å². The molecule has 0 bridgehead atoms. The number of pyridine rings is 1. The van der Waals surface area contributed by atoms with E-state index in [1.165, 1.54) is 0 Å². The van der Waals surface area contributed by atoms with Crippen LogP contribution in [0.1, 0.15) is 28.9 Å². The predicted molar refractivity (Wildman–Crippen MR) is 179 cm³/mol. The summed E-state index contributed by atoms with van der Waals surface area (Å²) in [5.41, 5.74) is 4.74. The summed E-state index contributed by atoms with van der Waals surface area (Å²) in [6, 6.07) is 13.7. The Labute approximate surface area is 268 Å². The summed E-state index contributed by atoms with van der Waals surface area (Å²) in [6.45, 7) is 6.09. The zero-order chi connectivity index (χ0) is 31.9. The third-order valence-electron chi connectivity index (χ3n) is 8.22. The van der Waals surface area contributed by atoms with Gasteiger partial charge in [-0.15, -0.1) is 0 Å². The van der Waals surface area contributed by atoms with E-state index in [9.17, 15) is 9.59 Å². The highest BCUT2D eigenvalue weighted by Gasteiger charge is 2.22. The van der Waals surface area contributed by atoms with Crippen molar-refractivity contribution in [1.82, 2.24) is 35.1 Å². The first-order valence-corrected chi connectivity index (χ1v) is 15.8. The number of nitrogens with zero attached hydrogens (tertiary/aromatic N) is 6. The predicted octanol–water partition coefficient (Wildman–Crippen LogP) is 3.31. The van der Waals surface area contributed by atoms with Gasteiger partial charge in [0.2, 0.25) is 5.91 Å². The van der Waals surface area contributed by atoms with Crippen molar-refractivity contribution < 1.29 is 14.3 Å². The molecular weight excluding hydrogens is 582 g/mol. The molecule has 0 saturated carbocycles. The van der Waals surface area contributed by atoms with Crippen molar-refractivity contribution in [3.05, 3.63) is 78.4 Å². The summed E-state index contributed by atoms with van der Waals surface area (Å²) in [5.74, 6) is 0.585. The van der Waals surface area contributed by atoms with Gasteiger partial charge in [0.15, 0.2) is 0 Å². The van der Waals surface area contributed by atoms with E-state index in [-0.39, 0.29) is 17.9 Å². The van der Waals surface area contributed by atoms with Crippen LogP contribution in [0, 0.1) is 0 Å². The zero-order valence-electron chi connectivity index (χ0n) is 26.4. The number of fused-ring (bicyclic) bond motifs is 1. The van der Waals surface area contributed by atoms with Gasteiger partial charge >= 0.3 is 0 Å². The van der Waals surface area contributed by atoms with Crippen LogP contribution in [0.5, 0.6) is 0 Å². The van der Waals surface area contributed by atoms with Crippen molar-refractivity contribution in [2.45, 2.75) is 25.4 Å². The van der Waals surface area contributed by atoms with Crippen LogP contribution in [0.15, 0.2) is 67.1 Å². The van der Waals surface area contributed by atoms with Crippen molar-refractivity contribution >= 4 is 34.4 Å². The van der Waals surface area contributed by atoms with Crippen LogP contribution in [0.25, 0.3) is 22.3 Å². The van der Waals surface area contributed by atoms with Gasteiger partial charge < -0.3 is 30.2 Å². The fraction of sp³-hybridized carbons (Fsp3) is 0.382. The molecule has 0 aliphatic carbocycles. The average molecular weight is 624 g/mol. The number of piperidine rings is 1. The lowest BCUT2D eigenvalue weighted by Crippen LogP contribution is -2.47. The number of ether oxygens (including phenoxy) is 1. The highest BCUT2D eigenvalue weighted by atomic mass is 16.5. The third-order valence-corrected chi connectivity index (χ3v) is 8.22. The van der Waals surface area contributed by atoms with Crippen molar-refractivity contribution in [3.63, 3.8) is 0 Å². The quantitative estimate of drug-likeness (QED) is 0.228. The standard InChI is InChI=1S/C34H41N9O3/c1-41(2)13-4-6-31(44)38-27-5-3-14-42(22-27)21-24-11-12-35-30(19-24)34(45)39-26-9-7-25(8-10-26)29-20-28-32(40-29)36-23-37-33(28)43-15-17-46-18-16-43/h4,6-12,19-20,23,27H,3,5,13-18,21-22H2,1-2H3,(H,38,44)(H,39,45)(H,36,37,40)/b6-4+. The van der Waals surface area contributed by atoms with Crippen molar-refractivity contribution in [2.24, 2.45) is 0 Å². The number of morpholine rings is 1. The van der Waals surface area contributed by atoms with Crippen LogP contribution < -0.4 is 15.5 Å². The molecule has 2 aliphatic rings. The van der Waals surface area contributed by atoms with Gasteiger partial charge in [-0.1, -0.05) is 18.2 Å². The van der Waals surface area contributed by atoms with E-state index in [1.54, 1.807) is 18.6 Å². The molecule has 1 aromatic carbocycles. The van der Waals surface area contributed by atoms with Crippen LogP contribution in [0.3, 0.4) is 0 Å². The molecule has 4 aromatic rings. The van der Waals surface area contributed by atoms with E-state index in [4.69, 9.17) is 4.74 Å². The average Bonchev–Trinajstić information content (AvgIpc) is 3.50. The molecule has 12 heteroatoms. The number of rotatable bonds is 10. The van der Waals surface area contributed by atoms with Crippen LogP contribution in [0.2, 0.25) is 0 Å². The first-order chi connectivity index (χ1) is 22.4. The molecule has 2 fully saturated rings. The van der Waals surface area contributed by atoms with Gasteiger partial charge in [-0.05, 0) is 74.9 Å². The number of H-pyrrole nitrogens is 1. The van der Waals surface area contributed by atoms with E-state index in [0.29, 0.717) is 31.1 Å². The Morgan fingerprint density at radius 2 is 1.89 bits per heavy atom. The van der Waals surface area contributed by atoms with Gasteiger partial charge in [-0.2, -0.15) is 0 Å². The zero-order valence-corrected chi connectivity index (χ0v) is 26.4. The maximum absolute atomic E-state index is 13.1. The lowest BCUT2D eigenvalue weighted by Gasteiger charge is -2.33. The van der Waals surface area contributed by atoms with E-state index in [1.807, 2.05) is 61.5 Å². The molecule has 12 nitrogen and oxygen atoms in total. The fourth-order valence-electron chi connectivity index (χ4n) is 5.93. The van der Waals surface area contributed by atoms with Crippen molar-refractivity contribution in [2.75, 3.05) is 70.2 Å². The molecule has 0 spiro atoms. The van der Waals surface area contributed by atoms with Gasteiger partial charge in [0.1, 0.15) is 23.5 Å². The van der Waals surface area contributed by atoms with Crippen LogP contribution in [-0.4, -0.2) is 108 Å². The van der Waals surface area contributed by atoms with Crippen LogP contribution in [0.4, 0.5) is 11.5 Å². The summed E-state index contributed by atoms with van der Waals surface area (Å²) in [7, 11) is 3.94. The Morgan fingerprint density at radius 3 is 2.70 bits per heavy atom. The summed E-state index contributed by atoms with van der Waals surface area (Å²) < 4.78 is 5.50. The molecular formula is C34H41N9O3. The molecule has 46 heavy (non-hydrogen) atoms. The minimum atomic E-state index is -0.265. The van der Waals surface area contributed by atoms with Gasteiger partial charge in [0.05, 0.1) is 18.6 Å². The first kappa shape index (κ1) is 31.3. The number of carbonyl (C=O) groups excluding carboxylic acids is 2. The second-order valence-electron chi connectivity index (χ2n) is 12.1. The maximum atomic E-state index is 13.1. The minimum absolute atomic E-state index is 0.0573. The fourth-order valence-corrected chi connectivity index (χ4v) is 5.93. The topological polar surface area (TPSA) is 132 Å². The molecule has 1 atom stereocenters. The minimum Gasteiger partial charge on any atom is -0.378 e. The van der Waals surface area contributed by atoms with Gasteiger partial charge in [-0.25, -0.2) is 9.97 Å². The number of likely N-dealkylation sites (N-methyl/N-ethyl adjacent to an activating group) is 1. The summed E-state index contributed by atoms with van der Waals surface area (Å²) >= 11 is 0.